The van der Waals surface area contributed by atoms with Gasteiger partial charge in [-0.3, -0.25) is 23.9 Å². The summed E-state index contributed by atoms with van der Waals surface area (Å²) in [5, 5.41) is 35.7. The Kier molecular flexibility index (Phi) is 15.5. The number of hydrogen-bond donors (Lipinski definition) is 4. The van der Waals surface area contributed by atoms with Crippen molar-refractivity contribution < 1.29 is 24.6 Å². The van der Waals surface area contributed by atoms with Gasteiger partial charge in [-0.25, -0.2) is 4.98 Å². The maximum Gasteiger partial charge on any atom is 0.287 e. The van der Waals surface area contributed by atoms with Crippen molar-refractivity contribution in [1.82, 2.24) is 39.4 Å². The standard InChI is InChI=1S/C60H68N12O5/c1-5-52(74)69-31-33-70(34-32-69)57-47-26-30-71(50-12-8-10-44-9-6-7-11-46(44)50)38-49(47)63-60(64-57)62-27-23-53(75)68-28-24-41(25-29-68)35-40-13-15-42(16-14-40)36-67(4)37-43-17-19-45(20-18-43)72-58(65-66-59(72)56(61)77)48-21-22-51(73)54(39(2)3)55(48)76/h5-22,39,41,73,76H,1,23-38H2,2-4H3,(H2,61,77)(H,62,63,64). The highest BCUT2D eigenvalue weighted by Crippen LogP contribution is 2.41. The van der Waals surface area contributed by atoms with E-state index in [1.807, 2.05) is 47.9 Å². The first-order valence-corrected chi connectivity index (χ1v) is 26.8. The van der Waals surface area contributed by atoms with E-state index in [1.54, 1.807) is 6.07 Å². The minimum atomic E-state index is -0.759. The van der Waals surface area contributed by atoms with Crippen LogP contribution in [0, 0.1) is 5.92 Å². The number of piperazine rings is 1. The topological polar surface area (TPSA) is 202 Å². The third-order valence-corrected chi connectivity index (χ3v) is 15.3. The number of amides is 3. The Morgan fingerprint density at radius 3 is 2.18 bits per heavy atom. The van der Waals surface area contributed by atoms with Crippen LogP contribution in [0.3, 0.4) is 0 Å². The Morgan fingerprint density at radius 2 is 1.48 bits per heavy atom. The first-order valence-electron chi connectivity index (χ1n) is 26.8. The molecule has 0 unspecified atom stereocenters. The zero-order valence-electron chi connectivity index (χ0n) is 44.2. The summed E-state index contributed by atoms with van der Waals surface area (Å²) in [6, 6.07) is 34.5. The first-order chi connectivity index (χ1) is 37.3. The summed E-state index contributed by atoms with van der Waals surface area (Å²) in [5.74, 6) is 1.11. The summed E-state index contributed by atoms with van der Waals surface area (Å²) in [4.78, 5) is 59.4. The summed E-state index contributed by atoms with van der Waals surface area (Å²) in [7, 11) is 2.08. The molecule has 17 nitrogen and oxygen atoms in total. The molecular formula is C60H68N12O5. The zero-order valence-corrected chi connectivity index (χ0v) is 44.2. The van der Waals surface area contributed by atoms with Gasteiger partial charge in [-0.1, -0.05) is 93.2 Å². The van der Waals surface area contributed by atoms with Crippen molar-refractivity contribution in [3.05, 3.63) is 155 Å². The predicted molar refractivity (Wildman–Crippen MR) is 300 cm³/mol. The largest absolute Gasteiger partial charge is 0.508 e. The second kappa shape index (κ2) is 22.9. The highest BCUT2D eigenvalue weighted by Gasteiger charge is 2.30. The van der Waals surface area contributed by atoms with Gasteiger partial charge < -0.3 is 40.9 Å². The molecule has 5 heterocycles. The zero-order chi connectivity index (χ0) is 53.7. The molecule has 2 fully saturated rings. The first kappa shape index (κ1) is 52.1. The Balaban J connectivity index is 0.707. The van der Waals surface area contributed by atoms with Crippen LogP contribution in [0.2, 0.25) is 0 Å². The number of hydrogen-bond acceptors (Lipinski definition) is 13. The number of piperidine rings is 1. The normalized spacial score (nSPS) is 15.1. The molecular weight excluding hydrogens is 969 g/mol. The molecule has 398 valence electrons. The summed E-state index contributed by atoms with van der Waals surface area (Å²) >= 11 is 0. The summed E-state index contributed by atoms with van der Waals surface area (Å²) < 4.78 is 1.53. The Labute approximate surface area is 449 Å². The van der Waals surface area contributed by atoms with E-state index in [4.69, 9.17) is 15.7 Å². The number of phenolic OH excluding ortho intramolecular Hbond substituents is 2. The summed E-state index contributed by atoms with van der Waals surface area (Å²) in [6.07, 6.45) is 5.41. The average Bonchev–Trinajstić information content (AvgIpc) is 3.91. The molecule has 0 bridgehead atoms. The third-order valence-electron chi connectivity index (χ3n) is 15.3. The monoisotopic (exact) mass is 1040 g/mol. The van der Waals surface area contributed by atoms with Gasteiger partial charge in [0.2, 0.25) is 23.6 Å². The van der Waals surface area contributed by atoms with E-state index < -0.39 is 5.91 Å². The smallest absolute Gasteiger partial charge is 0.287 e. The van der Waals surface area contributed by atoms with Crippen LogP contribution in [-0.2, 0) is 42.1 Å². The van der Waals surface area contributed by atoms with Gasteiger partial charge in [0.15, 0.2) is 5.82 Å². The fraction of sp³-hybridized carbons (Fsp3) is 0.350. The molecule has 17 heteroatoms. The number of phenols is 2. The molecule has 2 aromatic heterocycles. The lowest BCUT2D eigenvalue weighted by Crippen LogP contribution is -2.49. The van der Waals surface area contributed by atoms with E-state index >= 15 is 0 Å². The Morgan fingerprint density at radius 1 is 0.792 bits per heavy atom. The number of aromatic hydroxyl groups is 2. The molecule has 0 aliphatic carbocycles. The second-order valence-electron chi connectivity index (χ2n) is 20.9. The lowest BCUT2D eigenvalue weighted by atomic mass is 9.90. The van der Waals surface area contributed by atoms with E-state index in [0.29, 0.717) is 80.9 Å². The molecule has 5 aromatic carbocycles. The van der Waals surface area contributed by atoms with Gasteiger partial charge in [-0.2, -0.15) is 4.98 Å². The molecule has 3 aliphatic rings. The van der Waals surface area contributed by atoms with Crippen molar-refractivity contribution in [1.29, 1.82) is 0 Å². The van der Waals surface area contributed by atoms with Crippen molar-refractivity contribution in [3.63, 3.8) is 0 Å². The Hall–Kier alpha value is -8.31. The number of nitrogens with one attached hydrogen (secondary N) is 1. The fourth-order valence-corrected chi connectivity index (χ4v) is 11.3. The maximum absolute atomic E-state index is 13.6. The van der Waals surface area contributed by atoms with Crippen LogP contribution >= 0.6 is 0 Å². The number of nitrogens with zero attached hydrogens (tertiary/aromatic N) is 10. The lowest BCUT2D eigenvalue weighted by molar-refractivity contribution is -0.132. The van der Waals surface area contributed by atoms with Crippen molar-refractivity contribution in [2.75, 3.05) is 74.5 Å². The van der Waals surface area contributed by atoms with E-state index in [0.717, 1.165) is 74.5 Å². The minimum Gasteiger partial charge on any atom is -0.508 e. The quantitative estimate of drug-likeness (QED) is 0.0644. The van der Waals surface area contributed by atoms with Crippen molar-refractivity contribution in [3.8, 4) is 28.6 Å². The number of primary amides is 1. The van der Waals surface area contributed by atoms with Crippen LogP contribution in [0.4, 0.5) is 17.5 Å². The molecule has 77 heavy (non-hydrogen) atoms. The highest BCUT2D eigenvalue weighted by atomic mass is 16.3. The Bertz CT molecular complexity index is 3280. The van der Waals surface area contributed by atoms with Gasteiger partial charge in [0, 0.05) is 99.8 Å². The van der Waals surface area contributed by atoms with E-state index in [9.17, 15) is 24.6 Å². The third kappa shape index (κ3) is 11.5. The number of carbonyl (C=O) groups excluding carboxylic acids is 3. The molecule has 3 amide bonds. The number of benzene rings is 5. The van der Waals surface area contributed by atoms with Crippen LogP contribution in [0.15, 0.2) is 116 Å². The van der Waals surface area contributed by atoms with Crippen LogP contribution in [0.1, 0.15) is 83.2 Å². The summed E-state index contributed by atoms with van der Waals surface area (Å²) in [6.45, 7) is 14.8. The number of anilines is 3. The molecule has 5 N–H and O–H groups in total. The van der Waals surface area contributed by atoms with Gasteiger partial charge in [-0.05, 0) is 103 Å². The van der Waals surface area contributed by atoms with Crippen LogP contribution < -0.4 is 20.9 Å². The summed E-state index contributed by atoms with van der Waals surface area (Å²) in [5.41, 5.74) is 13.9. The van der Waals surface area contributed by atoms with Crippen LogP contribution in [-0.4, -0.2) is 127 Å². The molecule has 0 radical (unpaired) electrons. The number of carbonyl (C=O) groups is 3. The van der Waals surface area contributed by atoms with Crippen molar-refractivity contribution >= 4 is 45.9 Å². The number of aromatic nitrogens is 5. The SMILES string of the molecule is C=CC(=O)N1CCN(c2nc(NCCC(=O)N3CCC(Cc4ccc(CN(C)Cc5ccc(-n6c(C(N)=O)nnc6-c6ccc(O)c(C(C)C)c6O)cc5)cc4)CC3)nc3c2CCN(c2cccc4ccccc24)C3)CC1. The minimum absolute atomic E-state index is 0.0252. The highest BCUT2D eigenvalue weighted by molar-refractivity contribution is 5.94. The van der Waals surface area contributed by atoms with Crippen LogP contribution in [0.25, 0.3) is 27.8 Å². The van der Waals surface area contributed by atoms with Gasteiger partial charge in [0.05, 0.1) is 17.8 Å². The fourth-order valence-electron chi connectivity index (χ4n) is 11.3. The second-order valence-corrected chi connectivity index (χ2v) is 20.9. The molecule has 2 saturated heterocycles. The number of nitrogens with two attached hydrogens (primary N) is 1. The number of likely N-dealkylation sites (tertiary alicyclic amines) is 1. The molecule has 7 aromatic rings. The molecule has 0 atom stereocenters. The van der Waals surface area contributed by atoms with Gasteiger partial charge >= 0.3 is 0 Å². The van der Waals surface area contributed by atoms with Gasteiger partial charge in [-0.15, -0.1) is 10.2 Å². The molecule has 3 aliphatic heterocycles. The van der Waals surface area contributed by atoms with Gasteiger partial charge in [0.1, 0.15) is 17.3 Å². The lowest BCUT2D eigenvalue weighted by Gasteiger charge is -2.38. The van der Waals surface area contributed by atoms with E-state index in [-0.39, 0.29) is 40.9 Å². The molecule has 0 saturated carbocycles. The average molecular weight is 1040 g/mol. The number of rotatable bonds is 17. The van der Waals surface area contributed by atoms with Crippen molar-refractivity contribution in [2.24, 2.45) is 11.7 Å². The van der Waals surface area contributed by atoms with Crippen LogP contribution in [0.5, 0.6) is 11.5 Å². The van der Waals surface area contributed by atoms with E-state index in [2.05, 4.69) is 111 Å². The molecule has 0 spiro atoms. The van der Waals surface area contributed by atoms with Gasteiger partial charge in [0.25, 0.3) is 5.91 Å². The maximum atomic E-state index is 13.6. The van der Waals surface area contributed by atoms with Crippen molar-refractivity contribution in [2.45, 2.75) is 71.5 Å². The number of fused-ring (bicyclic) bond motifs is 2. The van der Waals surface area contributed by atoms with E-state index in [1.165, 1.54) is 44.3 Å². The molecule has 10 rings (SSSR count). The predicted octanol–water partition coefficient (Wildman–Crippen LogP) is 7.82.